The molecular formula is C18H22N2O2. The Hall–Kier alpha value is -2.20. The van der Waals surface area contributed by atoms with Crippen LogP contribution < -0.4 is 5.32 Å². The molecule has 22 heavy (non-hydrogen) atoms. The molecule has 1 aromatic heterocycles. The van der Waals surface area contributed by atoms with E-state index in [4.69, 9.17) is 4.74 Å². The first-order valence-corrected chi connectivity index (χ1v) is 7.36. The Morgan fingerprint density at radius 1 is 1.14 bits per heavy atom. The molecule has 116 valence electrons. The fraction of sp³-hybridized carbons (Fsp3) is 0.333. The second-order valence-corrected chi connectivity index (χ2v) is 6.11. The summed E-state index contributed by atoms with van der Waals surface area (Å²) in [6.45, 7) is 6.19. The van der Waals surface area contributed by atoms with Gasteiger partial charge in [-0.2, -0.15) is 0 Å². The van der Waals surface area contributed by atoms with Gasteiger partial charge in [0.2, 0.25) is 0 Å². The summed E-state index contributed by atoms with van der Waals surface area (Å²) in [7, 11) is 0. The van der Waals surface area contributed by atoms with Gasteiger partial charge in [-0.15, -0.1) is 0 Å². The van der Waals surface area contributed by atoms with E-state index in [1.807, 2.05) is 63.2 Å². The summed E-state index contributed by atoms with van der Waals surface area (Å²) in [6, 6.07) is 13.1. The second-order valence-electron chi connectivity index (χ2n) is 6.11. The van der Waals surface area contributed by atoms with Crippen molar-refractivity contribution in [2.45, 2.75) is 39.0 Å². The van der Waals surface area contributed by atoms with Crippen molar-refractivity contribution in [3.8, 4) is 0 Å². The zero-order valence-electron chi connectivity index (χ0n) is 13.2. The van der Waals surface area contributed by atoms with Crippen LogP contribution in [0.5, 0.6) is 0 Å². The molecule has 2 aromatic rings. The Morgan fingerprint density at radius 2 is 1.77 bits per heavy atom. The lowest BCUT2D eigenvalue weighted by Crippen LogP contribution is -2.34. The summed E-state index contributed by atoms with van der Waals surface area (Å²) in [4.78, 5) is 16.5. The summed E-state index contributed by atoms with van der Waals surface area (Å²) in [5.41, 5.74) is 1.45. The average Bonchev–Trinajstić information content (AvgIpc) is 2.48. The van der Waals surface area contributed by atoms with Gasteiger partial charge in [0.25, 0.3) is 0 Å². The van der Waals surface area contributed by atoms with Gasteiger partial charge in [-0.1, -0.05) is 30.3 Å². The Bertz CT molecular complexity index is 591. The minimum absolute atomic E-state index is 0.283. The molecular weight excluding hydrogens is 276 g/mol. The molecule has 4 heteroatoms. The molecule has 0 fully saturated rings. The number of nitrogens with one attached hydrogen (secondary N) is 1. The number of aromatic nitrogens is 1. The first-order valence-electron chi connectivity index (χ1n) is 7.36. The highest BCUT2D eigenvalue weighted by Crippen LogP contribution is 2.18. The molecule has 0 saturated heterocycles. The van der Waals surface area contributed by atoms with Crippen molar-refractivity contribution in [1.82, 2.24) is 10.3 Å². The number of hydrogen-bond donors (Lipinski definition) is 1. The second kappa shape index (κ2) is 7.18. The Morgan fingerprint density at radius 3 is 2.36 bits per heavy atom. The smallest absolute Gasteiger partial charge is 0.328 e. The molecule has 0 amide bonds. The first-order chi connectivity index (χ1) is 10.5. The van der Waals surface area contributed by atoms with Gasteiger partial charge >= 0.3 is 5.97 Å². The van der Waals surface area contributed by atoms with Crippen molar-refractivity contribution in [2.75, 3.05) is 0 Å². The summed E-state index contributed by atoms with van der Waals surface area (Å²) in [5, 5.41) is 3.27. The minimum atomic E-state index is -0.517. The maximum Gasteiger partial charge on any atom is 0.328 e. The summed E-state index contributed by atoms with van der Waals surface area (Å²) in [5.74, 6) is -0.283. The maximum atomic E-state index is 12.5. The van der Waals surface area contributed by atoms with E-state index >= 15 is 0 Å². The van der Waals surface area contributed by atoms with Crippen LogP contribution in [0.2, 0.25) is 0 Å². The number of esters is 1. The SMILES string of the molecule is CC(C)(C)OC(=O)C(NCc1ccccc1)c1ccncc1. The highest BCUT2D eigenvalue weighted by Gasteiger charge is 2.26. The van der Waals surface area contributed by atoms with Crippen molar-refractivity contribution in [2.24, 2.45) is 0 Å². The van der Waals surface area contributed by atoms with Crippen LogP contribution in [0.15, 0.2) is 54.9 Å². The van der Waals surface area contributed by atoms with Gasteiger partial charge in [0, 0.05) is 18.9 Å². The number of hydrogen-bond acceptors (Lipinski definition) is 4. The topological polar surface area (TPSA) is 51.2 Å². The summed E-state index contributed by atoms with van der Waals surface area (Å²) >= 11 is 0. The molecule has 0 aliphatic rings. The monoisotopic (exact) mass is 298 g/mol. The Kier molecular flexibility index (Phi) is 5.28. The Balaban J connectivity index is 2.13. The van der Waals surface area contributed by atoms with Gasteiger partial charge in [0.1, 0.15) is 11.6 Å². The van der Waals surface area contributed by atoms with E-state index in [2.05, 4.69) is 10.3 Å². The quantitative estimate of drug-likeness (QED) is 0.861. The van der Waals surface area contributed by atoms with Gasteiger partial charge in [0.05, 0.1) is 0 Å². The number of nitrogens with zero attached hydrogens (tertiary/aromatic N) is 1. The largest absolute Gasteiger partial charge is 0.459 e. The molecule has 1 heterocycles. The van der Waals surface area contributed by atoms with Gasteiger partial charge in [-0.3, -0.25) is 10.3 Å². The molecule has 0 spiro atoms. The molecule has 2 rings (SSSR count). The molecule has 0 aliphatic carbocycles. The third-order valence-corrected chi connectivity index (χ3v) is 3.04. The minimum Gasteiger partial charge on any atom is -0.459 e. The van der Waals surface area contributed by atoms with Crippen LogP contribution in [-0.4, -0.2) is 16.6 Å². The Labute approximate surface area is 131 Å². The van der Waals surface area contributed by atoms with E-state index in [0.717, 1.165) is 11.1 Å². The van der Waals surface area contributed by atoms with Crippen LogP contribution in [0.4, 0.5) is 0 Å². The number of carbonyl (C=O) groups excluding carboxylic acids is 1. The molecule has 1 atom stereocenters. The number of benzene rings is 1. The van der Waals surface area contributed by atoms with E-state index in [0.29, 0.717) is 6.54 Å². The van der Waals surface area contributed by atoms with E-state index in [9.17, 15) is 4.79 Å². The molecule has 1 N–H and O–H groups in total. The van der Waals surface area contributed by atoms with Crippen molar-refractivity contribution < 1.29 is 9.53 Å². The fourth-order valence-corrected chi connectivity index (χ4v) is 2.07. The van der Waals surface area contributed by atoms with E-state index in [1.54, 1.807) is 12.4 Å². The summed E-state index contributed by atoms with van der Waals surface area (Å²) < 4.78 is 5.52. The predicted octanol–water partition coefficient (Wildman–Crippen LogP) is 3.25. The first kappa shape index (κ1) is 16.2. The highest BCUT2D eigenvalue weighted by atomic mass is 16.6. The molecule has 1 aromatic carbocycles. The maximum absolute atomic E-state index is 12.5. The van der Waals surface area contributed by atoms with E-state index in [1.165, 1.54) is 0 Å². The highest BCUT2D eigenvalue weighted by molar-refractivity contribution is 5.78. The third-order valence-electron chi connectivity index (χ3n) is 3.04. The fourth-order valence-electron chi connectivity index (χ4n) is 2.07. The zero-order chi connectivity index (χ0) is 16.0. The van der Waals surface area contributed by atoms with Crippen LogP contribution in [0.1, 0.15) is 37.9 Å². The van der Waals surface area contributed by atoms with Gasteiger partial charge in [0.15, 0.2) is 0 Å². The predicted molar refractivity (Wildman–Crippen MR) is 86.1 cm³/mol. The lowest BCUT2D eigenvalue weighted by Gasteiger charge is -2.25. The van der Waals surface area contributed by atoms with Crippen LogP contribution >= 0.6 is 0 Å². The van der Waals surface area contributed by atoms with E-state index in [-0.39, 0.29) is 5.97 Å². The molecule has 0 saturated carbocycles. The van der Waals surface area contributed by atoms with Crippen LogP contribution in [-0.2, 0) is 16.1 Å². The van der Waals surface area contributed by atoms with Crippen molar-refractivity contribution >= 4 is 5.97 Å². The standard InChI is InChI=1S/C18H22N2O2/c1-18(2,3)22-17(21)16(15-9-11-19-12-10-15)20-13-14-7-5-4-6-8-14/h4-12,16,20H,13H2,1-3H3. The zero-order valence-corrected chi connectivity index (χ0v) is 13.2. The molecule has 0 bridgehead atoms. The molecule has 1 unspecified atom stereocenters. The lowest BCUT2D eigenvalue weighted by atomic mass is 10.1. The summed E-state index contributed by atoms with van der Waals surface area (Å²) in [6.07, 6.45) is 3.35. The molecule has 0 radical (unpaired) electrons. The number of rotatable bonds is 5. The van der Waals surface area contributed by atoms with Gasteiger partial charge in [-0.25, -0.2) is 4.79 Å². The van der Waals surface area contributed by atoms with Gasteiger partial charge in [-0.05, 0) is 44.0 Å². The van der Waals surface area contributed by atoms with Crippen LogP contribution in [0.3, 0.4) is 0 Å². The number of ether oxygens (including phenoxy) is 1. The molecule has 4 nitrogen and oxygen atoms in total. The van der Waals surface area contributed by atoms with Gasteiger partial charge < -0.3 is 4.74 Å². The van der Waals surface area contributed by atoms with Crippen LogP contribution in [0, 0.1) is 0 Å². The lowest BCUT2D eigenvalue weighted by molar-refractivity contribution is -0.157. The van der Waals surface area contributed by atoms with Crippen molar-refractivity contribution in [1.29, 1.82) is 0 Å². The number of pyridine rings is 1. The van der Waals surface area contributed by atoms with Crippen molar-refractivity contribution in [3.63, 3.8) is 0 Å². The van der Waals surface area contributed by atoms with E-state index < -0.39 is 11.6 Å². The number of carbonyl (C=O) groups is 1. The van der Waals surface area contributed by atoms with Crippen LogP contribution in [0.25, 0.3) is 0 Å². The molecule has 0 aliphatic heterocycles. The van der Waals surface area contributed by atoms with Crippen molar-refractivity contribution in [3.05, 3.63) is 66.0 Å². The third kappa shape index (κ3) is 4.97. The average molecular weight is 298 g/mol. The normalized spacial score (nSPS) is 12.7.